The Bertz CT molecular complexity index is 500. The summed E-state index contributed by atoms with van der Waals surface area (Å²) in [7, 11) is -4.38. The van der Waals surface area contributed by atoms with Crippen LogP contribution >= 0.6 is 0 Å². The minimum atomic E-state index is -3.39. The van der Waals surface area contributed by atoms with Crippen molar-refractivity contribution in [1.82, 2.24) is 4.72 Å². The smallest absolute Gasteiger partial charge is 0.215 e. The molecule has 1 aromatic carbocycles. The van der Waals surface area contributed by atoms with E-state index in [1.807, 2.05) is 0 Å². The Morgan fingerprint density at radius 3 is 2.71 bits per heavy atom. The van der Waals surface area contributed by atoms with Crippen molar-refractivity contribution in [3.63, 3.8) is 0 Å². The lowest BCUT2D eigenvalue weighted by Crippen LogP contribution is -2.28. The van der Waals surface area contributed by atoms with Crippen LogP contribution < -0.4 is 10.5 Å². The van der Waals surface area contributed by atoms with Crippen LogP contribution in [0.4, 0.5) is 5.69 Å². The van der Waals surface area contributed by atoms with Gasteiger partial charge in [0.2, 0.25) is 10.0 Å². The molecular weight excluding hydrogens is 260 g/mol. The highest BCUT2D eigenvalue weighted by atomic mass is 32.2. The van der Waals surface area contributed by atoms with Gasteiger partial charge >= 0.3 is 0 Å². The summed E-state index contributed by atoms with van der Waals surface area (Å²) in [6.07, 6.45) is 1.53. The molecular formula is C10H16N2O3S2. The van der Waals surface area contributed by atoms with E-state index in [0.29, 0.717) is 17.0 Å². The number of hydrogen-bond acceptors (Lipinski definition) is 4. The first kappa shape index (κ1) is 14.1. The molecule has 17 heavy (non-hydrogen) atoms. The van der Waals surface area contributed by atoms with Crippen LogP contribution in [-0.4, -0.2) is 31.2 Å². The lowest BCUT2D eigenvalue weighted by atomic mass is 10.2. The third kappa shape index (κ3) is 5.81. The first-order valence-electron chi connectivity index (χ1n) is 5.01. The molecule has 0 saturated carbocycles. The Hall–Kier alpha value is -0.920. The molecule has 0 bridgehead atoms. The zero-order valence-corrected chi connectivity index (χ0v) is 11.2. The van der Waals surface area contributed by atoms with E-state index in [4.69, 9.17) is 5.73 Å². The van der Waals surface area contributed by atoms with E-state index in [-0.39, 0.29) is 12.3 Å². The second kappa shape index (κ2) is 6.13. The Labute approximate surface area is 104 Å². The summed E-state index contributed by atoms with van der Waals surface area (Å²) in [4.78, 5) is 0. The average Bonchev–Trinajstić information content (AvgIpc) is 2.15. The molecule has 0 heterocycles. The van der Waals surface area contributed by atoms with Gasteiger partial charge in [0, 0.05) is 35.0 Å². The van der Waals surface area contributed by atoms with Crippen molar-refractivity contribution in [2.45, 2.75) is 5.75 Å². The predicted octanol–water partition coefficient (Wildman–Crippen LogP) is 0.0667. The molecule has 1 rings (SSSR count). The summed E-state index contributed by atoms with van der Waals surface area (Å²) in [5.41, 5.74) is 6.73. The molecule has 0 fully saturated rings. The van der Waals surface area contributed by atoms with Gasteiger partial charge in [-0.05, 0) is 17.7 Å². The number of nitrogens with one attached hydrogen (secondary N) is 1. The molecule has 0 spiro atoms. The second-order valence-electron chi connectivity index (χ2n) is 3.68. The Balaban J connectivity index is 2.57. The van der Waals surface area contributed by atoms with Crippen LogP contribution in [0.3, 0.4) is 0 Å². The third-order valence-corrected chi connectivity index (χ3v) is 4.16. The predicted molar refractivity (Wildman–Crippen MR) is 70.4 cm³/mol. The number of anilines is 1. The maximum atomic E-state index is 11.6. The molecule has 0 aromatic heterocycles. The Morgan fingerprint density at radius 2 is 2.12 bits per heavy atom. The standard InChI is InChI=1S/C10H16N2O3S2/c1-16(13)6-5-12-17(14,15)8-9-3-2-4-10(11)7-9/h2-4,7,12H,5-6,8,11H2,1H3. The van der Waals surface area contributed by atoms with Gasteiger partial charge in [-0.25, -0.2) is 13.1 Å². The molecule has 0 amide bonds. The molecule has 1 unspecified atom stereocenters. The molecule has 7 heteroatoms. The van der Waals surface area contributed by atoms with E-state index in [2.05, 4.69) is 4.72 Å². The van der Waals surface area contributed by atoms with Crippen LogP contribution in [0, 0.1) is 0 Å². The maximum Gasteiger partial charge on any atom is 0.215 e. The monoisotopic (exact) mass is 276 g/mol. The van der Waals surface area contributed by atoms with Crippen molar-refractivity contribution in [1.29, 1.82) is 0 Å². The van der Waals surface area contributed by atoms with Crippen LogP contribution in [0.2, 0.25) is 0 Å². The van der Waals surface area contributed by atoms with E-state index in [0.717, 1.165) is 0 Å². The maximum absolute atomic E-state index is 11.6. The van der Waals surface area contributed by atoms with Gasteiger partial charge in [-0.15, -0.1) is 0 Å². The molecule has 0 aliphatic carbocycles. The summed E-state index contributed by atoms with van der Waals surface area (Å²) in [6.45, 7) is 0.188. The SMILES string of the molecule is CS(=O)CCNS(=O)(=O)Cc1cccc(N)c1. The van der Waals surface area contributed by atoms with E-state index < -0.39 is 20.8 Å². The van der Waals surface area contributed by atoms with E-state index >= 15 is 0 Å². The minimum Gasteiger partial charge on any atom is -0.399 e. The van der Waals surface area contributed by atoms with Gasteiger partial charge in [-0.1, -0.05) is 12.1 Å². The molecule has 3 N–H and O–H groups in total. The lowest BCUT2D eigenvalue weighted by Gasteiger charge is -2.06. The number of benzene rings is 1. The van der Waals surface area contributed by atoms with Crippen LogP contribution in [0.5, 0.6) is 0 Å². The summed E-state index contributed by atoms with van der Waals surface area (Å²) < 4.78 is 36.5. The van der Waals surface area contributed by atoms with Crippen LogP contribution in [-0.2, 0) is 26.6 Å². The van der Waals surface area contributed by atoms with E-state index in [1.54, 1.807) is 24.3 Å². The molecule has 0 radical (unpaired) electrons. The lowest BCUT2D eigenvalue weighted by molar-refractivity contribution is 0.583. The van der Waals surface area contributed by atoms with Crippen molar-refractivity contribution < 1.29 is 12.6 Å². The summed E-state index contributed by atoms with van der Waals surface area (Å²) in [5, 5.41) is 0. The largest absolute Gasteiger partial charge is 0.399 e. The zero-order valence-electron chi connectivity index (χ0n) is 9.55. The fourth-order valence-corrected chi connectivity index (χ4v) is 2.95. The molecule has 1 aromatic rings. The topological polar surface area (TPSA) is 89.3 Å². The van der Waals surface area contributed by atoms with Gasteiger partial charge in [-0.3, -0.25) is 4.21 Å². The van der Waals surface area contributed by atoms with E-state index in [1.165, 1.54) is 6.26 Å². The van der Waals surface area contributed by atoms with Crippen LogP contribution in [0.15, 0.2) is 24.3 Å². The zero-order chi connectivity index (χ0) is 12.9. The molecule has 0 saturated heterocycles. The van der Waals surface area contributed by atoms with Crippen molar-refractivity contribution in [3.05, 3.63) is 29.8 Å². The van der Waals surface area contributed by atoms with Gasteiger partial charge in [-0.2, -0.15) is 0 Å². The van der Waals surface area contributed by atoms with Gasteiger partial charge in [0.15, 0.2) is 0 Å². The highest BCUT2D eigenvalue weighted by Gasteiger charge is 2.11. The second-order valence-corrected chi connectivity index (χ2v) is 7.04. The van der Waals surface area contributed by atoms with E-state index in [9.17, 15) is 12.6 Å². The van der Waals surface area contributed by atoms with Crippen molar-refractivity contribution >= 4 is 26.5 Å². The van der Waals surface area contributed by atoms with Gasteiger partial charge in [0.25, 0.3) is 0 Å². The first-order valence-corrected chi connectivity index (χ1v) is 8.39. The molecule has 1 atom stereocenters. The highest BCUT2D eigenvalue weighted by molar-refractivity contribution is 7.88. The number of rotatable bonds is 6. The summed E-state index contributed by atoms with van der Waals surface area (Å²) in [5.74, 6) is 0.199. The van der Waals surface area contributed by atoms with Gasteiger partial charge < -0.3 is 5.73 Å². The quantitative estimate of drug-likeness (QED) is 0.719. The minimum absolute atomic E-state index is 0.117. The molecule has 96 valence electrons. The first-order chi connectivity index (χ1) is 7.89. The molecule has 0 aliphatic rings. The van der Waals surface area contributed by atoms with Crippen molar-refractivity contribution in [3.8, 4) is 0 Å². The van der Waals surface area contributed by atoms with Crippen LogP contribution in [0.1, 0.15) is 5.56 Å². The fraction of sp³-hybridized carbons (Fsp3) is 0.400. The van der Waals surface area contributed by atoms with Crippen molar-refractivity contribution in [2.75, 3.05) is 24.3 Å². The number of nitrogens with two attached hydrogens (primary N) is 1. The Morgan fingerprint density at radius 1 is 1.41 bits per heavy atom. The number of nitrogen functional groups attached to an aromatic ring is 1. The molecule has 0 aliphatic heterocycles. The van der Waals surface area contributed by atoms with Crippen LogP contribution in [0.25, 0.3) is 0 Å². The average molecular weight is 276 g/mol. The fourth-order valence-electron chi connectivity index (χ4n) is 1.29. The Kier molecular flexibility index (Phi) is 5.10. The summed E-state index contributed by atoms with van der Waals surface area (Å²) in [6, 6.07) is 6.73. The number of sulfonamides is 1. The van der Waals surface area contributed by atoms with Gasteiger partial charge in [0.05, 0.1) is 5.75 Å². The third-order valence-electron chi connectivity index (χ3n) is 2.02. The summed E-state index contributed by atoms with van der Waals surface area (Å²) >= 11 is 0. The van der Waals surface area contributed by atoms with Gasteiger partial charge in [0.1, 0.15) is 0 Å². The highest BCUT2D eigenvalue weighted by Crippen LogP contribution is 2.09. The van der Waals surface area contributed by atoms with Crippen molar-refractivity contribution in [2.24, 2.45) is 0 Å². The normalized spacial score (nSPS) is 13.5. The molecule has 5 nitrogen and oxygen atoms in total. The number of hydrogen-bond donors (Lipinski definition) is 2.